The predicted octanol–water partition coefficient (Wildman–Crippen LogP) is 4.78. The van der Waals surface area contributed by atoms with Gasteiger partial charge < -0.3 is 14.6 Å². The Morgan fingerprint density at radius 2 is 1.80 bits per heavy atom. The summed E-state index contributed by atoms with van der Waals surface area (Å²) < 4.78 is 5.42. The third kappa shape index (κ3) is 3.15. The van der Waals surface area contributed by atoms with E-state index in [1.807, 2.05) is 36.4 Å². The number of furan rings is 1. The summed E-state index contributed by atoms with van der Waals surface area (Å²) in [4.78, 5) is 29.7. The Balaban J connectivity index is 1.58. The van der Waals surface area contributed by atoms with E-state index >= 15 is 0 Å². The number of nitrogens with zero attached hydrogens (tertiary/aromatic N) is 1. The Morgan fingerprint density at radius 3 is 2.53 bits per heavy atom. The van der Waals surface area contributed by atoms with Crippen LogP contribution in [0.4, 0.5) is 0 Å². The van der Waals surface area contributed by atoms with Gasteiger partial charge in [-0.3, -0.25) is 9.59 Å². The lowest BCUT2D eigenvalue weighted by Crippen LogP contribution is -2.65. The Bertz CT molecular complexity index is 908. The minimum Gasteiger partial charge on any atom is -0.467 e. The van der Waals surface area contributed by atoms with E-state index in [1.54, 1.807) is 6.26 Å². The number of nitrogens with one attached hydrogen (secondary N) is 1. The van der Waals surface area contributed by atoms with E-state index in [9.17, 15) is 9.59 Å². The van der Waals surface area contributed by atoms with Gasteiger partial charge in [-0.25, -0.2) is 0 Å². The van der Waals surface area contributed by atoms with Crippen LogP contribution in [-0.4, -0.2) is 28.3 Å². The normalized spacial score (nSPS) is 23.5. The molecular formula is C25H30N2O3. The van der Waals surface area contributed by atoms with Gasteiger partial charge in [0.15, 0.2) is 0 Å². The van der Waals surface area contributed by atoms with Gasteiger partial charge in [0.05, 0.1) is 24.3 Å². The standard InChI is InChI=1S/C25H30N2O3/c28-23(26-17-19-11-8-16-30-19)22-20-12-4-5-13-21(20)24(29)27(18-9-2-3-10-18)25(22)14-6-1-7-15-25/h4-5,8,11-13,16,18,22H,1-3,6-7,9-10,14-15,17H2,(H,26,28). The number of carbonyl (C=O) groups excluding carboxylic acids is 2. The van der Waals surface area contributed by atoms with Gasteiger partial charge in [0, 0.05) is 11.6 Å². The van der Waals surface area contributed by atoms with E-state index in [0.29, 0.717) is 12.1 Å². The molecule has 158 valence electrons. The minimum atomic E-state index is -0.411. The lowest BCUT2D eigenvalue weighted by molar-refractivity contribution is -0.128. The molecular weight excluding hydrogens is 376 g/mol. The first-order valence-corrected chi connectivity index (χ1v) is 11.4. The Kier molecular flexibility index (Phi) is 5.13. The molecule has 3 aliphatic rings. The van der Waals surface area contributed by atoms with E-state index in [4.69, 9.17) is 4.42 Å². The first-order chi connectivity index (χ1) is 14.7. The highest BCUT2D eigenvalue weighted by Gasteiger charge is 2.56. The molecule has 2 amide bonds. The molecule has 5 heteroatoms. The number of fused-ring (bicyclic) bond motifs is 1. The van der Waals surface area contributed by atoms with E-state index in [2.05, 4.69) is 10.2 Å². The molecule has 5 rings (SSSR count). The molecule has 30 heavy (non-hydrogen) atoms. The molecule has 1 unspecified atom stereocenters. The first kappa shape index (κ1) is 19.4. The Morgan fingerprint density at radius 1 is 1.03 bits per heavy atom. The van der Waals surface area contributed by atoms with Crippen LogP contribution in [0.3, 0.4) is 0 Å². The van der Waals surface area contributed by atoms with Crippen molar-refractivity contribution in [3.8, 4) is 0 Å². The zero-order chi connectivity index (χ0) is 20.6. The van der Waals surface area contributed by atoms with Crippen LogP contribution in [0, 0.1) is 0 Å². The fourth-order valence-electron chi connectivity index (χ4n) is 6.16. The largest absolute Gasteiger partial charge is 0.467 e. The van der Waals surface area contributed by atoms with Gasteiger partial charge >= 0.3 is 0 Å². The fourth-order valence-corrected chi connectivity index (χ4v) is 6.16. The van der Waals surface area contributed by atoms with E-state index in [0.717, 1.165) is 49.8 Å². The van der Waals surface area contributed by atoms with Crippen molar-refractivity contribution in [2.75, 3.05) is 0 Å². The van der Waals surface area contributed by atoms with Gasteiger partial charge in [0.1, 0.15) is 5.76 Å². The molecule has 5 nitrogen and oxygen atoms in total. The summed E-state index contributed by atoms with van der Waals surface area (Å²) in [5.74, 6) is 0.557. The zero-order valence-electron chi connectivity index (χ0n) is 17.4. The van der Waals surface area contributed by atoms with Gasteiger partial charge in [-0.2, -0.15) is 0 Å². The van der Waals surface area contributed by atoms with Gasteiger partial charge in [0.2, 0.25) is 5.91 Å². The molecule has 1 aliphatic heterocycles. The Hall–Kier alpha value is -2.56. The molecule has 1 N–H and O–H groups in total. The van der Waals surface area contributed by atoms with Crippen molar-refractivity contribution in [2.45, 2.75) is 81.8 Å². The number of carbonyl (C=O) groups is 2. The van der Waals surface area contributed by atoms with Crippen molar-refractivity contribution in [3.05, 3.63) is 59.5 Å². The third-order valence-electron chi connectivity index (χ3n) is 7.43. The van der Waals surface area contributed by atoms with Gasteiger partial charge in [0.25, 0.3) is 5.91 Å². The molecule has 0 bridgehead atoms. The summed E-state index contributed by atoms with van der Waals surface area (Å²) >= 11 is 0. The molecule has 1 aromatic carbocycles. The lowest BCUT2D eigenvalue weighted by Gasteiger charge is -2.56. The van der Waals surface area contributed by atoms with E-state index in [1.165, 1.54) is 19.3 Å². The van der Waals surface area contributed by atoms with Crippen molar-refractivity contribution < 1.29 is 14.0 Å². The van der Waals surface area contributed by atoms with Gasteiger partial charge in [-0.1, -0.05) is 50.3 Å². The molecule has 2 aromatic rings. The number of benzene rings is 1. The number of hydrogen-bond acceptors (Lipinski definition) is 3. The second-order valence-corrected chi connectivity index (χ2v) is 9.10. The zero-order valence-corrected chi connectivity index (χ0v) is 17.4. The summed E-state index contributed by atoms with van der Waals surface area (Å²) in [6.07, 6.45) is 11.2. The SMILES string of the molecule is O=C(NCc1ccco1)C1c2ccccc2C(=O)N(C2CCCC2)C12CCCCC2. The van der Waals surface area contributed by atoms with Gasteiger partial charge in [-0.15, -0.1) is 0 Å². The van der Waals surface area contributed by atoms with Crippen LogP contribution in [0.2, 0.25) is 0 Å². The quantitative estimate of drug-likeness (QED) is 0.795. The molecule has 2 heterocycles. The van der Waals surface area contributed by atoms with Crippen LogP contribution >= 0.6 is 0 Å². The van der Waals surface area contributed by atoms with Crippen LogP contribution in [0.5, 0.6) is 0 Å². The summed E-state index contributed by atoms with van der Waals surface area (Å²) in [5.41, 5.74) is 1.20. The third-order valence-corrected chi connectivity index (χ3v) is 7.43. The van der Waals surface area contributed by atoms with Crippen LogP contribution in [0.1, 0.15) is 85.4 Å². The molecule has 2 fully saturated rings. The lowest BCUT2D eigenvalue weighted by atomic mass is 9.64. The minimum absolute atomic E-state index is 0.0104. The number of hydrogen-bond donors (Lipinski definition) is 1. The first-order valence-electron chi connectivity index (χ1n) is 11.4. The maximum atomic E-state index is 13.8. The molecule has 0 radical (unpaired) electrons. The van der Waals surface area contributed by atoms with Crippen LogP contribution in [0.15, 0.2) is 47.1 Å². The highest BCUT2D eigenvalue weighted by atomic mass is 16.3. The molecule has 1 aromatic heterocycles. The summed E-state index contributed by atoms with van der Waals surface area (Å²) in [5, 5.41) is 3.12. The summed E-state index contributed by atoms with van der Waals surface area (Å²) in [6.45, 7) is 0.373. The van der Waals surface area contributed by atoms with Gasteiger partial charge in [-0.05, 0) is 49.4 Å². The highest BCUT2D eigenvalue weighted by molar-refractivity contribution is 6.02. The maximum absolute atomic E-state index is 13.8. The van der Waals surface area contributed by atoms with Crippen molar-refractivity contribution in [3.63, 3.8) is 0 Å². The monoisotopic (exact) mass is 406 g/mol. The molecule has 1 atom stereocenters. The Labute approximate surface area is 177 Å². The van der Waals surface area contributed by atoms with E-state index in [-0.39, 0.29) is 23.8 Å². The van der Waals surface area contributed by atoms with Crippen LogP contribution in [0.25, 0.3) is 0 Å². The van der Waals surface area contributed by atoms with Crippen molar-refractivity contribution in [1.82, 2.24) is 10.2 Å². The average molecular weight is 407 g/mol. The second-order valence-electron chi connectivity index (χ2n) is 9.10. The summed E-state index contributed by atoms with van der Waals surface area (Å²) in [7, 11) is 0. The predicted molar refractivity (Wildman–Crippen MR) is 114 cm³/mol. The molecule has 2 aliphatic carbocycles. The molecule has 2 saturated carbocycles. The fraction of sp³-hybridized carbons (Fsp3) is 0.520. The smallest absolute Gasteiger partial charge is 0.254 e. The van der Waals surface area contributed by atoms with Crippen molar-refractivity contribution in [1.29, 1.82) is 0 Å². The number of rotatable bonds is 4. The summed E-state index contributed by atoms with van der Waals surface area (Å²) in [6, 6.07) is 11.7. The highest BCUT2D eigenvalue weighted by Crippen LogP contribution is 2.51. The molecule has 1 spiro atoms. The molecule has 0 saturated heterocycles. The van der Waals surface area contributed by atoms with Crippen LogP contribution in [-0.2, 0) is 11.3 Å². The second kappa shape index (κ2) is 7.93. The van der Waals surface area contributed by atoms with Crippen LogP contribution < -0.4 is 5.32 Å². The van der Waals surface area contributed by atoms with Crippen molar-refractivity contribution >= 4 is 11.8 Å². The maximum Gasteiger partial charge on any atom is 0.254 e. The van der Waals surface area contributed by atoms with Crippen molar-refractivity contribution in [2.24, 2.45) is 0 Å². The van der Waals surface area contributed by atoms with E-state index < -0.39 is 5.54 Å². The average Bonchev–Trinajstić information content (AvgIpc) is 3.48. The number of amides is 2. The topological polar surface area (TPSA) is 62.6 Å².